The fraction of sp³-hybridized carbons (Fsp3) is 1.00. The molecule has 60 valence electrons. The highest BCUT2D eigenvalue weighted by atomic mass is 32.2. The molecular weight excluding hydrogens is 142 g/mol. The van der Waals surface area contributed by atoms with E-state index in [-0.39, 0.29) is 0 Å². The van der Waals surface area contributed by atoms with Crippen molar-refractivity contribution in [1.29, 1.82) is 0 Å². The van der Waals surface area contributed by atoms with Crippen LogP contribution in [0.3, 0.4) is 0 Å². The molecule has 10 heavy (non-hydrogen) atoms. The van der Waals surface area contributed by atoms with E-state index in [4.69, 9.17) is 5.73 Å². The Balaban J connectivity index is 1.85. The summed E-state index contributed by atoms with van der Waals surface area (Å²) in [5.41, 5.74) is 5.63. The molecule has 0 aliphatic carbocycles. The average Bonchev–Trinajstić information content (AvgIpc) is 1.75. The molecule has 0 aromatic carbocycles. The molecule has 0 amide bonds. The van der Waals surface area contributed by atoms with Crippen molar-refractivity contribution in [3.8, 4) is 0 Å². The van der Waals surface area contributed by atoms with Crippen LogP contribution in [0, 0.1) is 5.92 Å². The van der Waals surface area contributed by atoms with E-state index in [1.807, 2.05) is 0 Å². The molecule has 0 bridgehead atoms. The van der Waals surface area contributed by atoms with Gasteiger partial charge in [0.1, 0.15) is 0 Å². The first kappa shape index (κ1) is 8.41. The first-order valence-corrected chi connectivity index (χ1v) is 5.28. The molecule has 0 aromatic rings. The van der Waals surface area contributed by atoms with Gasteiger partial charge >= 0.3 is 0 Å². The minimum atomic E-state index is 0.410. The Labute approximate surface area is 67.8 Å². The molecular formula is C8H17NS. The lowest BCUT2D eigenvalue weighted by atomic mass is 10.0. The van der Waals surface area contributed by atoms with Crippen LogP contribution in [0.15, 0.2) is 0 Å². The third-order valence-corrected chi connectivity index (χ3v) is 3.39. The number of hydrogen-bond donors (Lipinski definition) is 1. The third-order valence-electron chi connectivity index (χ3n) is 1.98. The molecule has 0 aromatic heterocycles. The molecule has 1 atom stereocenters. The zero-order chi connectivity index (χ0) is 7.40. The minimum Gasteiger partial charge on any atom is -0.328 e. The van der Waals surface area contributed by atoms with E-state index in [9.17, 15) is 0 Å². The highest BCUT2D eigenvalue weighted by Gasteiger charge is 2.16. The highest BCUT2D eigenvalue weighted by molar-refractivity contribution is 8.00. The maximum Gasteiger partial charge on any atom is 0.00104 e. The summed E-state index contributed by atoms with van der Waals surface area (Å²) in [6, 6.07) is 0.410. The van der Waals surface area contributed by atoms with Crippen molar-refractivity contribution in [1.82, 2.24) is 0 Å². The predicted molar refractivity (Wildman–Crippen MR) is 48.3 cm³/mol. The van der Waals surface area contributed by atoms with Gasteiger partial charge in [0, 0.05) is 6.04 Å². The Morgan fingerprint density at radius 3 is 2.70 bits per heavy atom. The van der Waals surface area contributed by atoms with Crippen molar-refractivity contribution in [2.24, 2.45) is 11.7 Å². The fourth-order valence-corrected chi connectivity index (χ4v) is 2.08. The van der Waals surface area contributed by atoms with Crippen LogP contribution >= 0.6 is 11.8 Å². The molecule has 1 unspecified atom stereocenters. The summed E-state index contributed by atoms with van der Waals surface area (Å²) in [4.78, 5) is 0. The molecule has 1 rings (SSSR count). The standard InChI is InChI=1S/C8H17NS/c1-7(9)3-2-4-8-5-10-6-8/h7-8H,2-6,9H2,1H3. The van der Waals surface area contributed by atoms with E-state index in [2.05, 4.69) is 18.7 Å². The van der Waals surface area contributed by atoms with Crippen molar-refractivity contribution in [2.45, 2.75) is 32.2 Å². The lowest BCUT2D eigenvalue weighted by molar-refractivity contribution is 0.507. The lowest BCUT2D eigenvalue weighted by Crippen LogP contribution is -2.19. The summed E-state index contributed by atoms with van der Waals surface area (Å²) in [5, 5.41) is 0. The Morgan fingerprint density at radius 1 is 1.60 bits per heavy atom. The molecule has 1 saturated heterocycles. The van der Waals surface area contributed by atoms with E-state index < -0.39 is 0 Å². The van der Waals surface area contributed by atoms with Crippen LogP contribution in [0.5, 0.6) is 0 Å². The fourth-order valence-electron chi connectivity index (χ4n) is 1.18. The molecule has 1 heterocycles. The molecule has 1 aliphatic rings. The molecule has 2 N–H and O–H groups in total. The van der Waals surface area contributed by atoms with Crippen LogP contribution in [0.2, 0.25) is 0 Å². The summed E-state index contributed by atoms with van der Waals surface area (Å²) < 4.78 is 0. The second-order valence-corrected chi connectivity index (χ2v) is 4.39. The van der Waals surface area contributed by atoms with E-state index in [0.29, 0.717) is 6.04 Å². The second kappa shape index (κ2) is 4.24. The molecule has 0 radical (unpaired) electrons. The molecule has 1 fully saturated rings. The minimum absolute atomic E-state index is 0.410. The third kappa shape index (κ3) is 2.93. The molecule has 1 nitrogen and oxygen atoms in total. The van der Waals surface area contributed by atoms with Gasteiger partial charge < -0.3 is 5.73 Å². The molecule has 0 saturated carbocycles. The average molecular weight is 159 g/mol. The van der Waals surface area contributed by atoms with E-state index in [0.717, 1.165) is 5.92 Å². The quantitative estimate of drug-likeness (QED) is 0.677. The van der Waals surface area contributed by atoms with Crippen molar-refractivity contribution in [3.63, 3.8) is 0 Å². The van der Waals surface area contributed by atoms with Gasteiger partial charge in [-0.15, -0.1) is 0 Å². The van der Waals surface area contributed by atoms with E-state index in [1.54, 1.807) is 0 Å². The number of thioether (sulfide) groups is 1. The van der Waals surface area contributed by atoms with Gasteiger partial charge in [0.15, 0.2) is 0 Å². The zero-order valence-electron chi connectivity index (χ0n) is 6.68. The molecule has 1 aliphatic heterocycles. The van der Waals surface area contributed by atoms with Gasteiger partial charge in [0.25, 0.3) is 0 Å². The Morgan fingerprint density at radius 2 is 2.30 bits per heavy atom. The second-order valence-electron chi connectivity index (χ2n) is 3.31. The van der Waals surface area contributed by atoms with Gasteiger partial charge in [0.2, 0.25) is 0 Å². The van der Waals surface area contributed by atoms with Crippen molar-refractivity contribution < 1.29 is 0 Å². The monoisotopic (exact) mass is 159 g/mol. The van der Waals surface area contributed by atoms with Gasteiger partial charge in [-0.05, 0) is 37.2 Å². The van der Waals surface area contributed by atoms with Crippen molar-refractivity contribution >= 4 is 11.8 Å². The van der Waals surface area contributed by atoms with Crippen LogP contribution in [-0.2, 0) is 0 Å². The Kier molecular flexibility index (Phi) is 3.57. The van der Waals surface area contributed by atoms with Gasteiger partial charge in [0.05, 0.1) is 0 Å². The Hall–Kier alpha value is 0.310. The summed E-state index contributed by atoms with van der Waals surface area (Å²) in [6.07, 6.45) is 3.96. The van der Waals surface area contributed by atoms with Crippen LogP contribution in [-0.4, -0.2) is 17.5 Å². The summed E-state index contributed by atoms with van der Waals surface area (Å²) in [7, 11) is 0. The van der Waals surface area contributed by atoms with Crippen molar-refractivity contribution in [2.75, 3.05) is 11.5 Å². The number of hydrogen-bond acceptors (Lipinski definition) is 2. The molecule has 2 heteroatoms. The maximum atomic E-state index is 5.63. The SMILES string of the molecule is CC(N)CCCC1CSC1. The van der Waals surface area contributed by atoms with Crippen molar-refractivity contribution in [3.05, 3.63) is 0 Å². The lowest BCUT2D eigenvalue weighted by Gasteiger charge is -2.24. The van der Waals surface area contributed by atoms with Crippen LogP contribution in [0.1, 0.15) is 26.2 Å². The van der Waals surface area contributed by atoms with Crippen LogP contribution in [0.25, 0.3) is 0 Å². The topological polar surface area (TPSA) is 26.0 Å². The summed E-state index contributed by atoms with van der Waals surface area (Å²) >= 11 is 2.07. The maximum absolute atomic E-state index is 5.63. The van der Waals surface area contributed by atoms with Gasteiger partial charge in [-0.25, -0.2) is 0 Å². The largest absolute Gasteiger partial charge is 0.328 e. The number of nitrogens with two attached hydrogens (primary N) is 1. The van der Waals surface area contributed by atoms with Gasteiger partial charge in [-0.3, -0.25) is 0 Å². The van der Waals surface area contributed by atoms with E-state index in [1.165, 1.54) is 30.8 Å². The smallest absolute Gasteiger partial charge is 0.00104 e. The van der Waals surface area contributed by atoms with E-state index >= 15 is 0 Å². The highest BCUT2D eigenvalue weighted by Crippen LogP contribution is 2.28. The Bertz CT molecular complexity index is 89.3. The van der Waals surface area contributed by atoms with Gasteiger partial charge in [-0.1, -0.05) is 6.42 Å². The first-order chi connectivity index (χ1) is 4.79. The zero-order valence-corrected chi connectivity index (χ0v) is 7.49. The summed E-state index contributed by atoms with van der Waals surface area (Å²) in [6.45, 7) is 2.09. The normalized spacial score (nSPS) is 22.2. The molecule has 0 spiro atoms. The van der Waals surface area contributed by atoms with Gasteiger partial charge in [-0.2, -0.15) is 11.8 Å². The predicted octanol–water partition coefficient (Wildman–Crippen LogP) is 1.87. The number of rotatable bonds is 4. The van der Waals surface area contributed by atoms with Crippen LogP contribution in [0.4, 0.5) is 0 Å². The summed E-state index contributed by atoms with van der Waals surface area (Å²) in [5.74, 6) is 3.83. The van der Waals surface area contributed by atoms with Crippen LogP contribution < -0.4 is 5.73 Å². The first-order valence-electron chi connectivity index (χ1n) is 4.12.